The van der Waals surface area contributed by atoms with Gasteiger partial charge < -0.3 is 26.6 Å². The summed E-state index contributed by atoms with van der Waals surface area (Å²) in [5.74, 6) is 0. The Morgan fingerprint density at radius 3 is 2.00 bits per heavy atom. The van der Waals surface area contributed by atoms with Crippen molar-refractivity contribution in [3.63, 3.8) is 0 Å². The molecule has 15 heavy (non-hydrogen) atoms. The van der Waals surface area contributed by atoms with Crippen molar-refractivity contribution >= 4 is 0 Å². The zero-order valence-electron chi connectivity index (χ0n) is 9.58. The molecule has 92 valence electrons. The molecule has 2 unspecified atom stereocenters. The Hall–Kier alpha value is -0.200. The second-order valence-corrected chi connectivity index (χ2v) is 3.63. The Kier molecular flexibility index (Phi) is 10.2. The Bertz CT molecular complexity index is 136. The van der Waals surface area contributed by atoms with Gasteiger partial charge >= 0.3 is 0 Å². The summed E-state index contributed by atoms with van der Waals surface area (Å²) in [6.45, 7) is 4.19. The highest BCUT2D eigenvalue weighted by Gasteiger charge is 2.18. The van der Waals surface area contributed by atoms with Crippen LogP contribution in [0.1, 0.15) is 19.8 Å². The van der Waals surface area contributed by atoms with E-state index in [1.165, 1.54) is 0 Å². The fourth-order valence-electron chi connectivity index (χ4n) is 1.40. The SMILES string of the molecule is CCCCNC(CO)C(CO)NCCN. The van der Waals surface area contributed by atoms with Crippen molar-refractivity contribution in [2.24, 2.45) is 5.73 Å². The maximum Gasteiger partial charge on any atom is 0.0600 e. The number of hydrogen-bond acceptors (Lipinski definition) is 5. The summed E-state index contributed by atoms with van der Waals surface area (Å²) in [5, 5.41) is 24.7. The highest BCUT2D eigenvalue weighted by Crippen LogP contribution is 1.94. The van der Waals surface area contributed by atoms with Crippen LogP contribution < -0.4 is 16.4 Å². The van der Waals surface area contributed by atoms with E-state index in [0.29, 0.717) is 13.1 Å². The second kappa shape index (κ2) is 10.3. The van der Waals surface area contributed by atoms with Crippen LogP contribution in [0.5, 0.6) is 0 Å². The molecule has 0 saturated heterocycles. The van der Waals surface area contributed by atoms with Gasteiger partial charge in [0.2, 0.25) is 0 Å². The van der Waals surface area contributed by atoms with E-state index in [1.54, 1.807) is 0 Å². The summed E-state index contributed by atoms with van der Waals surface area (Å²) >= 11 is 0. The molecular formula is C10H25N3O2. The van der Waals surface area contributed by atoms with E-state index in [-0.39, 0.29) is 25.3 Å². The lowest BCUT2D eigenvalue weighted by Gasteiger charge is -2.26. The summed E-state index contributed by atoms with van der Waals surface area (Å²) in [5.41, 5.74) is 5.37. The number of hydrogen-bond donors (Lipinski definition) is 5. The van der Waals surface area contributed by atoms with Gasteiger partial charge in [0.25, 0.3) is 0 Å². The quantitative estimate of drug-likeness (QED) is 0.293. The zero-order chi connectivity index (χ0) is 11.5. The third kappa shape index (κ3) is 6.81. The number of aliphatic hydroxyl groups is 2. The average Bonchev–Trinajstić information content (AvgIpc) is 2.27. The number of unbranched alkanes of at least 4 members (excludes halogenated alkanes) is 1. The first-order valence-corrected chi connectivity index (χ1v) is 5.68. The van der Waals surface area contributed by atoms with Crippen molar-refractivity contribution in [3.05, 3.63) is 0 Å². The molecule has 0 aromatic rings. The van der Waals surface area contributed by atoms with Gasteiger partial charge in [0.1, 0.15) is 0 Å². The fourth-order valence-corrected chi connectivity index (χ4v) is 1.40. The first kappa shape index (κ1) is 14.8. The molecule has 0 aromatic carbocycles. The van der Waals surface area contributed by atoms with Gasteiger partial charge in [0, 0.05) is 25.2 Å². The van der Waals surface area contributed by atoms with Gasteiger partial charge in [-0.15, -0.1) is 0 Å². The number of aliphatic hydroxyl groups excluding tert-OH is 2. The van der Waals surface area contributed by atoms with Crippen molar-refractivity contribution in [3.8, 4) is 0 Å². The van der Waals surface area contributed by atoms with Crippen molar-refractivity contribution < 1.29 is 10.2 Å². The van der Waals surface area contributed by atoms with Crippen LogP contribution in [0.25, 0.3) is 0 Å². The third-order valence-corrected chi connectivity index (χ3v) is 2.37. The topological polar surface area (TPSA) is 90.5 Å². The van der Waals surface area contributed by atoms with Crippen molar-refractivity contribution in [2.45, 2.75) is 31.8 Å². The Morgan fingerprint density at radius 1 is 1.07 bits per heavy atom. The van der Waals surface area contributed by atoms with E-state index in [0.717, 1.165) is 19.4 Å². The molecule has 0 amide bonds. The summed E-state index contributed by atoms with van der Waals surface area (Å²) in [6.07, 6.45) is 2.19. The van der Waals surface area contributed by atoms with E-state index in [1.807, 2.05) is 0 Å². The van der Waals surface area contributed by atoms with Crippen LogP contribution in [0.2, 0.25) is 0 Å². The highest BCUT2D eigenvalue weighted by molar-refractivity contribution is 4.81. The number of nitrogens with one attached hydrogen (secondary N) is 2. The second-order valence-electron chi connectivity index (χ2n) is 3.63. The van der Waals surface area contributed by atoms with Crippen molar-refractivity contribution in [1.82, 2.24) is 10.6 Å². The van der Waals surface area contributed by atoms with Gasteiger partial charge in [-0.3, -0.25) is 0 Å². The van der Waals surface area contributed by atoms with E-state index in [2.05, 4.69) is 17.6 Å². The molecule has 0 aliphatic heterocycles. The monoisotopic (exact) mass is 219 g/mol. The summed E-state index contributed by atoms with van der Waals surface area (Å²) in [4.78, 5) is 0. The molecule has 5 heteroatoms. The molecule has 0 spiro atoms. The van der Waals surface area contributed by atoms with Crippen LogP contribution in [-0.2, 0) is 0 Å². The smallest absolute Gasteiger partial charge is 0.0600 e. The van der Waals surface area contributed by atoms with Gasteiger partial charge in [0.15, 0.2) is 0 Å². The lowest BCUT2D eigenvalue weighted by atomic mass is 10.1. The Balaban J connectivity index is 3.85. The molecule has 0 saturated carbocycles. The lowest BCUT2D eigenvalue weighted by Crippen LogP contribution is -2.53. The van der Waals surface area contributed by atoms with E-state index in [4.69, 9.17) is 10.8 Å². The predicted octanol–water partition coefficient (Wildman–Crippen LogP) is -1.35. The first-order chi connectivity index (χ1) is 7.29. The molecule has 0 radical (unpaired) electrons. The van der Waals surface area contributed by atoms with Gasteiger partial charge in [-0.2, -0.15) is 0 Å². The molecular weight excluding hydrogens is 194 g/mol. The Labute approximate surface area is 92.1 Å². The van der Waals surface area contributed by atoms with Crippen molar-refractivity contribution in [1.29, 1.82) is 0 Å². The van der Waals surface area contributed by atoms with Crippen LogP contribution in [0.3, 0.4) is 0 Å². The maximum absolute atomic E-state index is 9.18. The lowest BCUT2D eigenvalue weighted by molar-refractivity contribution is 0.160. The van der Waals surface area contributed by atoms with Crippen LogP contribution >= 0.6 is 0 Å². The van der Waals surface area contributed by atoms with Gasteiger partial charge in [0.05, 0.1) is 13.2 Å². The third-order valence-electron chi connectivity index (χ3n) is 2.37. The van der Waals surface area contributed by atoms with Gasteiger partial charge in [-0.1, -0.05) is 13.3 Å². The summed E-state index contributed by atoms with van der Waals surface area (Å²) < 4.78 is 0. The molecule has 5 nitrogen and oxygen atoms in total. The van der Waals surface area contributed by atoms with Gasteiger partial charge in [-0.25, -0.2) is 0 Å². The zero-order valence-corrected chi connectivity index (χ0v) is 9.58. The highest BCUT2D eigenvalue weighted by atomic mass is 16.3. The minimum absolute atomic E-state index is 0.00432. The Morgan fingerprint density at radius 2 is 1.60 bits per heavy atom. The van der Waals surface area contributed by atoms with E-state index >= 15 is 0 Å². The molecule has 0 heterocycles. The standard InChI is InChI=1S/C10H25N3O2/c1-2-3-5-12-9(7-14)10(8-15)13-6-4-11/h9-10,12-15H,2-8,11H2,1H3. The molecule has 2 atom stereocenters. The molecule has 0 bridgehead atoms. The molecule has 0 aromatic heterocycles. The molecule has 6 N–H and O–H groups in total. The van der Waals surface area contributed by atoms with Crippen LogP contribution in [-0.4, -0.2) is 55.1 Å². The summed E-state index contributed by atoms with van der Waals surface area (Å²) in [7, 11) is 0. The van der Waals surface area contributed by atoms with Gasteiger partial charge in [-0.05, 0) is 13.0 Å². The van der Waals surface area contributed by atoms with Crippen LogP contribution in [0.15, 0.2) is 0 Å². The number of nitrogens with two attached hydrogens (primary N) is 1. The predicted molar refractivity (Wildman–Crippen MR) is 61.7 cm³/mol. The maximum atomic E-state index is 9.18. The first-order valence-electron chi connectivity index (χ1n) is 5.68. The normalized spacial score (nSPS) is 15.2. The molecule has 0 aliphatic rings. The summed E-state index contributed by atoms with van der Waals surface area (Å²) in [6, 6.07) is -0.233. The minimum atomic E-state index is -0.129. The van der Waals surface area contributed by atoms with Crippen LogP contribution in [0, 0.1) is 0 Å². The van der Waals surface area contributed by atoms with Crippen molar-refractivity contribution in [2.75, 3.05) is 32.8 Å². The molecule has 0 aliphatic carbocycles. The fraction of sp³-hybridized carbons (Fsp3) is 1.00. The van der Waals surface area contributed by atoms with Crippen LogP contribution in [0.4, 0.5) is 0 Å². The average molecular weight is 219 g/mol. The van der Waals surface area contributed by atoms with E-state index in [9.17, 15) is 5.11 Å². The largest absolute Gasteiger partial charge is 0.395 e. The molecule has 0 fully saturated rings. The molecule has 0 rings (SSSR count). The number of rotatable bonds is 10. The minimum Gasteiger partial charge on any atom is -0.395 e. The van der Waals surface area contributed by atoms with E-state index < -0.39 is 0 Å².